The molecule has 0 saturated carbocycles. The molecule has 2 saturated heterocycles. The van der Waals surface area contributed by atoms with Crippen LogP contribution in [0.3, 0.4) is 0 Å². The van der Waals surface area contributed by atoms with Crippen molar-refractivity contribution in [2.45, 2.75) is 81.2 Å². The molecule has 0 aromatic carbocycles. The minimum absolute atomic E-state index is 0.0452. The normalized spacial score (nSPS) is 42.5. The van der Waals surface area contributed by atoms with E-state index in [-0.39, 0.29) is 22.6 Å². The smallest absolute Gasteiger partial charge is 0.135 e. The summed E-state index contributed by atoms with van der Waals surface area (Å²) in [6, 6.07) is 0. The summed E-state index contributed by atoms with van der Waals surface area (Å²) in [4.78, 5) is 0. The molecule has 10 atom stereocenters. The van der Waals surface area contributed by atoms with Gasteiger partial charge in [-0.1, -0.05) is 0 Å². The van der Waals surface area contributed by atoms with Crippen LogP contribution in [0, 0.1) is 0 Å². The Hall–Kier alpha value is -1.16. The molecule has 12 nitrogen and oxygen atoms in total. The molecule has 1 aromatic rings. The highest BCUT2D eigenvalue weighted by atomic mass is 16.6. The lowest BCUT2D eigenvalue weighted by Crippen LogP contribution is -2.56. The first-order chi connectivity index (χ1) is 14.2. The Labute approximate surface area is 171 Å². The summed E-state index contributed by atoms with van der Waals surface area (Å²) in [6.07, 6.45) is -14.8. The van der Waals surface area contributed by atoms with Crippen molar-refractivity contribution in [3.8, 4) is 0 Å². The first kappa shape index (κ1) is 23.5. The van der Waals surface area contributed by atoms with Crippen molar-refractivity contribution in [1.29, 1.82) is 0 Å². The third-order valence-corrected chi connectivity index (χ3v) is 5.74. The van der Waals surface area contributed by atoms with Gasteiger partial charge in [0.25, 0.3) is 0 Å². The molecule has 30 heavy (non-hydrogen) atoms. The molecule has 0 spiro atoms. The second-order valence-electron chi connectivity index (χ2n) is 7.58. The van der Waals surface area contributed by atoms with E-state index in [1.165, 1.54) is 6.92 Å². The van der Waals surface area contributed by atoms with Gasteiger partial charge in [0.1, 0.15) is 79.7 Å². The Bertz CT molecular complexity index is 720. The van der Waals surface area contributed by atoms with Crippen molar-refractivity contribution in [2.75, 3.05) is 6.61 Å². The van der Waals surface area contributed by atoms with Gasteiger partial charge in [0, 0.05) is 11.1 Å². The van der Waals surface area contributed by atoms with Crippen molar-refractivity contribution < 1.29 is 59.8 Å². The molecule has 0 amide bonds. The molecule has 3 rings (SSSR count). The molecule has 2 aliphatic heterocycles. The number of ether oxygens (including phenoxy) is 2. The van der Waals surface area contributed by atoms with Gasteiger partial charge in [0.05, 0.1) is 12.7 Å². The fraction of sp³-hybridized carbons (Fsp3) is 0.778. The molecule has 0 bridgehead atoms. The van der Waals surface area contributed by atoms with Crippen molar-refractivity contribution in [3.05, 3.63) is 22.6 Å². The zero-order chi connectivity index (χ0) is 22.3. The molecule has 3 heterocycles. The molecule has 0 aliphatic carbocycles. The van der Waals surface area contributed by atoms with Crippen LogP contribution in [0.1, 0.15) is 41.8 Å². The van der Waals surface area contributed by atoms with E-state index in [2.05, 4.69) is 0 Å². The van der Waals surface area contributed by atoms with Gasteiger partial charge in [0.15, 0.2) is 0 Å². The van der Waals surface area contributed by atoms with E-state index in [0.717, 1.165) is 0 Å². The van der Waals surface area contributed by atoms with E-state index in [0.29, 0.717) is 0 Å². The monoisotopic (exact) mass is 436 g/mol. The lowest BCUT2D eigenvalue weighted by molar-refractivity contribution is -0.235. The number of hydrogen-bond acceptors (Lipinski definition) is 12. The van der Waals surface area contributed by atoms with Crippen molar-refractivity contribution >= 4 is 0 Å². The highest BCUT2D eigenvalue weighted by molar-refractivity contribution is 5.40. The van der Waals surface area contributed by atoms with E-state index in [4.69, 9.17) is 13.9 Å². The van der Waals surface area contributed by atoms with E-state index in [1.54, 1.807) is 0 Å². The summed E-state index contributed by atoms with van der Waals surface area (Å²) < 4.78 is 16.6. The second kappa shape index (κ2) is 9.14. The highest BCUT2D eigenvalue weighted by Crippen LogP contribution is 2.44. The van der Waals surface area contributed by atoms with Crippen molar-refractivity contribution in [1.82, 2.24) is 0 Å². The summed E-state index contributed by atoms with van der Waals surface area (Å²) >= 11 is 0. The highest BCUT2D eigenvalue weighted by Gasteiger charge is 2.50. The van der Waals surface area contributed by atoms with Crippen LogP contribution in [0.4, 0.5) is 0 Å². The fourth-order valence-corrected chi connectivity index (χ4v) is 4.05. The SMILES string of the molecule is C[C@H]1OC(c2c(CO)oc(CO)c2C2O[C@H](CO)[C@H](O)[C@H](O)[C@H]2O)[C@H](O)[C@@H](O)[C@H]1O. The molecule has 9 N–H and O–H groups in total. The van der Waals surface area contributed by atoms with Crippen LogP contribution in [0.15, 0.2) is 4.42 Å². The van der Waals surface area contributed by atoms with Crippen LogP contribution in [0.5, 0.6) is 0 Å². The van der Waals surface area contributed by atoms with E-state index < -0.39 is 80.9 Å². The van der Waals surface area contributed by atoms with Gasteiger partial charge in [-0.05, 0) is 6.92 Å². The van der Waals surface area contributed by atoms with E-state index in [1.807, 2.05) is 0 Å². The quantitative estimate of drug-likeness (QED) is 0.218. The van der Waals surface area contributed by atoms with Gasteiger partial charge in [0.2, 0.25) is 0 Å². The molecular formula is C18H28O12. The van der Waals surface area contributed by atoms with Gasteiger partial charge in [-0.3, -0.25) is 0 Å². The Kier molecular flexibility index (Phi) is 7.16. The summed E-state index contributed by atoms with van der Waals surface area (Å²) in [5, 5.41) is 90.3. The molecule has 2 unspecified atom stereocenters. The zero-order valence-corrected chi connectivity index (χ0v) is 16.1. The average Bonchev–Trinajstić information content (AvgIpc) is 3.11. The van der Waals surface area contributed by atoms with Gasteiger partial charge in [-0.2, -0.15) is 0 Å². The van der Waals surface area contributed by atoms with Crippen LogP contribution in [0.25, 0.3) is 0 Å². The molecule has 0 radical (unpaired) electrons. The van der Waals surface area contributed by atoms with E-state index in [9.17, 15) is 46.0 Å². The maximum atomic E-state index is 10.5. The largest absolute Gasteiger partial charge is 0.460 e. The zero-order valence-electron chi connectivity index (χ0n) is 16.1. The first-order valence-corrected chi connectivity index (χ1v) is 9.54. The summed E-state index contributed by atoms with van der Waals surface area (Å²) in [5.41, 5.74) is -0.116. The number of aliphatic hydroxyl groups is 9. The summed E-state index contributed by atoms with van der Waals surface area (Å²) in [7, 11) is 0. The minimum Gasteiger partial charge on any atom is -0.460 e. The maximum absolute atomic E-state index is 10.5. The minimum atomic E-state index is -1.73. The van der Waals surface area contributed by atoms with Crippen molar-refractivity contribution in [2.24, 2.45) is 0 Å². The Morgan fingerprint density at radius 2 is 1.10 bits per heavy atom. The predicted octanol–water partition coefficient (Wildman–Crippen LogP) is -3.68. The van der Waals surface area contributed by atoms with Crippen molar-refractivity contribution in [3.63, 3.8) is 0 Å². The van der Waals surface area contributed by atoms with Crippen LogP contribution in [-0.2, 0) is 22.7 Å². The molecular weight excluding hydrogens is 408 g/mol. The van der Waals surface area contributed by atoms with Gasteiger partial charge in [-0.15, -0.1) is 0 Å². The number of furan rings is 1. The van der Waals surface area contributed by atoms with Crippen LogP contribution >= 0.6 is 0 Å². The molecule has 172 valence electrons. The molecule has 2 fully saturated rings. The van der Waals surface area contributed by atoms with Gasteiger partial charge < -0.3 is 59.8 Å². The van der Waals surface area contributed by atoms with Crippen LogP contribution in [0.2, 0.25) is 0 Å². The van der Waals surface area contributed by atoms with Gasteiger partial charge in [-0.25, -0.2) is 0 Å². The first-order valence-electron chi connectivity index (χ1n) is 9.54. The maximum Gasteiger partial charge on any atom is 0.135 e. The summed E-state index contributed by atoms with van der Waals surface area (Å²) in [6.45, 7) is -0.674. The predicted molar refractivity (Wildman–Crippen MR) is 94.6 cm³/mol. The Morgan fingerprint density at radius 1 is 0.633 bits per heavy atom. The number of aliphatic hydroxyl groups excluding tert-OH is 9. The lowest BCUT2D eigenvalue weighted by Gasteiger charge is -2.42. The topological polar surface area (TPSA) is 214 Å². The average molecular weight is 436 g/mol. The third kappa shape index (κ3) is 3.78. The van der Waals surface area contributed by atoms with Crippen LogP contribution in [-0.4, -0.2) is 101 Å². The Morgan fingerprint density at radius 3 is 1.57 bits per heavy atom. The molecule has 2 aliphatic rings. The fourth-order valence-electron chi connectivity index (χ4n) is 4.05. The Balaban J connectivity index is 2.12. The number of hydrogen-bond donors (Lipinski definition) is 9. The molecule has 12 heteroatoms. The van der Waals surface area contributed by atoms with E-state index >= 15 is 0 Å². The summed E-state index contributed by atoms with van der Waals surface area (Å²) in [5.74, 6) is -0.340. The second-order valence-corrected chi connectivity index (χ2v) is 7.58. The van der Waals surface area contributed by atoms with Crippen LogP contribution < -0.4 is 0 Å². The van der Waals surface area contributed by atoms with Gasteiger partial charge >= 0.3 is 0 Å². The lowest BCUT2D eigenvalue weighted by atomic mass is 9.84. The number of rotatable bonds is 5. The molecule has 1 aromatic heterocycles. The standard InChI is InChI=1S/C18H28O12/c1-5-11(22)13(24)15(26)17(28-5)9-6(2-19)29-7(3-20)10(9)18-16(27)14(25)12(23)8(4-21)30-18/h5,8,11-27H,2-4H2,1H3/t5-,8-,11+,12+,13+,14+,15-,16-,17?,18?/m1/s1. The third-order valence-electron chi connectivity index (χ3n) is 5.74.